The summed E-state index contributed by atoms with van der Waals surface area (Å²) in [4.78, 5) is 52.2. The zero-order valence-corrected chi connectivity index (χ0v) is 13.4. The molecule has 4 amide bonds. The van der Waals surface area contributed by atoms with E-state index in [1.807, 2.05) is 0 Å². The molecule has 0 aliphatic carbocycles. The van der Waals surface area contributed by atoms with Gasteiger partial charge in [0.15, 0.2) is 0 Å². The zero-order chi connectivity index (χ0) is 17.7. The zero-order valence-electron chi connectivity index (χ0n) is 13.4. The molecule has 0 fully saturated rings. The molecule has 2 aliphatic heterocycles. The van der Waals surface area contributed by atoms with Gasteiger partial charge in [0, 0.05) is 0 Å². The average Bonchev–Trinajstić information content (AvgIpc) is 3.02. The van der Waals surface area contributed by atoms with Crippen LogP contribution >= 0.6 is 0 Å². The fourth-order valence-corrected chi connectivity index (χ4v) is 3.36. The van der Waals surface area contributed by atoms with Crippen molar-refractivity contribution >= 4 is 23.6 Å². The molecule has 6 nitrogen and oxygen atoms in total. The van der Waals surface area contributed by atoms with Gasteiger partial charge < -0.3 is 0 Å². The molecule has 2 aliphatic rings. The first kappa shape index (κ1) is 15.3. The molecule has 0 radical (unpaired) electrons. The molecule has 124 valence electrons. The lowest BCUT2D eigenvalue weighted by Gasteiger charge is -2.26. The van der Waals surface area contributed by atoms with E-state index in [0.717, 1.165) is 9.80 Å². The van der Waals surface area contributed by atoms with Crippen molar-refractivity contribution in [3.05, 3.63) is 70.8 Å². The molecule has 0 saturated heterocycles. The first-order valence-electron chi connectivity index (χ1n) is 7.93. The molecule has 0 bridgehead atoms. The summed E-state index contributed by atoms with van der Waals surface area (Å²) in [6, 6.07) is 12.6. The molecule has 2 heterocycles. The Morgan fingerprint density at radius 2 is 1.04 bits per heavy atom. The summed E-state index contributed by atoms with van der Waals surface area (Å²) in [5, 5.41) is 0. The Kier molecular flexibility index (Phi) is 3.28. The van der Waals surface area contributed by atoms with Crippen LogP contribution in [0.15, 0.2) is 48.5 Å². The van der Waals surface area contributed by atoms with Gasteiger partial charge in [0.1, 0.15) is 0 Å². The van der Waals surface area contributed by atoms with Gasteiger partial charge in [-0.15, -0.1) is 0 Å². The number of imide groups is 2. The second kappa shape index (κ2) is 5.37. The van der Waals surface area contributed by atoms with Crippen LogP contribution in [0.1, 0.15) is 48.4 Å². The summed E-state index contributed by atoms with van der Waals surface area (Å²) in [5.41, 5.74) is 1.40. The Labute approximate surface area is 143 Å². The standard InChI is InChI=1S/C19H14N2O4/c1-11(21-18(24)14-8-4-5-9-15(14)19(21)25)10-20-16(22)12-6-2-3-7-13(12)17(20)23/h2-9,11H,10H2,1H3. The molecule has 2 aromatic rings. The van der Waals surface area contributed by atoms with Gasteiger partial charge in [-0.05, 0) is 31.2 Å². The van der Waals surface area contributed by atoms with Gasteiger partial charge in [-0.2, -0.15) is 0 Å². The number of amides is 4. The summed E-state index contributed by atoms with van der Waals surface area (Å²) in [7, 11) is 0. The smallest absolute Gasteiger partial charge is 0.261 e. The molecular weight excluding hydrogens is 320 g/mol. The Hall–Kier alpha value is -3.28. The van der Waals surface area contributed by atoms with Crippen LogP contribution in [-0.2, 0) is 0 Å². The molecule has 1 atom stereocenters. The topological polar surface area (TPSA) is 74.8 Å². The first-order valence-corrected chi connectivity index (χ1v) is 7.93. The van der Waals surface area contributed by atoms with E-state index in [1.54, 1.807) is 55.5 Å². The summed E-state index contributed by atoms with van der Waals surface area (Å²) >= 11 is 0. The summed E-state index contributed by atoms with van der Waals surface area (Å²) in [6.07, 6.45) is 0. The Bertz CT molecular complexity index is 880. The van der Waals surface area contributed by atoms with E-state index in [4.69, 9.17) is 0 Å². The fraction of sp³-hybridized carbons (Fsp3) is 0.158. The van der Waals surface area contributed by atoms with Crippen molar-refractivity contribution in [1.29, 1.82) is 0 Å². The number of hydrogen-bond donors (Lipinski definition) is 0. The van der Waals surface area contributed by atoms with Crippen molar-refractivity contribution < 1.29 is 19.2 Å². The van der Waals surface area contributed by atoms with E-state index in [0.29, 0.717) is 22.3 Å². The van der Waals surface area contributed by atoms with Gasteiger partial charge in [-0.3, -0.25) is 29.0 Å². The van der Waals surface area contributed by atoms with Crippen LogP contribution in [0.3, 0.4) is 0 Å². The molecule has 0 N–H and O–H groups in total. The minimum Gasteiger partial charge on any atom is -0.272 e. The second-order valence-corrected chi connectivity index (χ2v) is 6.14. The number of carbonyl (C=O) groups excluding carboxylic acids is 4. The van der Waals surface area contributed by atoms with Crippen molar-refractivity contribution in [3.8, 4) is 0 Å². The minimum atomic E-state index is -0.616. The molecule has 0 aromatic heterocycles. The van der Waals surface area contributed by atoms with Crippen LogP contribution in [0, 0.1) is 0 Å². The van der Waals surface area contributed by atoms with Crippen LogP contribution < -0.4 is 0 Å². The van der Waals surface area contributed by atoms with Crippen LogP contribution in [0.4, 0.5) is 0 Å². The van der Waals surface area contributed by atoms with Crippen molar-refractivity contribution in [2.24, 2.45) is 0 Å². The van der Waals surface area contributed by atoms with Gasteiger partial charge >= 0.3 is 0 Å². The Morgan fingerprint density at radius 1 is 0.680 bits per heavy atom. The van der Waals surface area contributed by atoms with E-state index < -0.39 is 29.7 Å². The lowest BCUT2D eigenvalue weighted by molar-refractivity contribution is 0.0492. The largest absolute Gasteiger partial charge is 0.272 e. The van der Waals surface area contributed by atoms with Gasteiger partial charge in [-0.25, -0.2) is 0 Å². The third-order valence-electron chi connectivity index (χ3n) is 4.59. The normalized spacial score (nSPS) is 17.2. The van der Waals surface area contributed by atoms with Gasteiger partial charge in [0.05, 0.1) is 34.8 Å². The molecular formula is C19H14N2O4. The van der Waals surface area contributed by atoms with E-state index in [2.05, 4.69) is 0 Å². The lowest BCUT2D eigenvalue weighted by atomic mass is 10.1. The van der Waals surface area contributed by atoms with E-state index in [9.17, 15) is 19.2 Å². The Balaban J connectivity index is 1.59. The highest BCUT2D eigenvalue weighted by atomic mass is 16.2. The molecule has 2 aromatic carbocycles. The fourth-order valence-electron chi connectivity index (χ4n) is 3.36. The van der Waals surface area contributed by atoms with Gasteiger partial charge in [0.25, 0.3) is 23.6 Å². The monoisotopic (exact) mass is 334 g/mol. The second-order valence-electron chi connectivity index (χ2n) is 6.14. The predicted molar refractivity (Wildman–Crippen MR) is 88.2 cm³/mol. The van der Waals surface area contributed by atoms with Crippen molar-refractivity contribution in [3.63, 3.8) is 0 Å². The summed E-state index contributed by atoms with van der Waals surface area (Å²) in [6.45, 7) is 1.63. The quantitative estimate of drug-likeness (QED) is 0.804. The Morgan fingerprint density at radius 3 is 1.44 bits per heavy atom. The first-order chi connectivity index (χ1) is 12.0. The number of carbonyl (C=O) groups is 4. The van der Waals surface area contributed by atoms with E-state index in [-0.39, 0.29) is 6.54 Å². The van der Waals surface area contributed by atoms with Crippen LogP contribution in [0.25, 0.3) is 0 Å². The highest BCUT2D eigenvalue weighted by Crippen LogP contribution is 2.27. The van der Waals surface area contributed by atoms with Crippen molar-refractivity contribution in [2.45, 2.75) is 13.0 Å². The van der Waals surface area contributed by atoms with Crippen molar-refractivity contribution in [1.82, 2.24) is 9.80 Å². The lowest BCUT2D eigenvalue weighted by Crippen LogP contribution is -2.46. The number of benzene rings is 2. The minimum absolute atomic E-state index is 0.0299. The van der Waals surface area contributed by atoms with Crippen LogP contribution in [0.5, 0.6) is 0 Å². The molecule has 4 rings (SSSR count). The van der Waals surface area contributed by atoms with E-state index in [1.165, 1.54) is 0 Å². The third-order valence-corrected chi connectivity index (χ3v) is 4.59. The molecule has 25 heavy (non-hydrogen) atoms. The number of fused-ring (bicyclic) bond motifs is 2. The highest BCUT2D eigenvalue weighted by molar-refractivity contribution is 6.22. The summed E-state index contributed by atoms with van der Waals surface area (Å²) in [5.74, 6) is -1.59. The maximum atomic E-state index is 12.5. The van der Waals surface area contributed by atoms with Gasteiger partial charge in [-0.1, -0.05) is 24.3 Å². The number of hydrogen-bond acceptors (Lipinski definition) is 4. The predicted octanol–water partition coefficient (Wildman–Crippen LogP) is 1.97. The van der Waals surface area contributed by atoms with Crippen LogP contribution in [0.2, 0.25) is 0 Å². The molecule has 1 unspecified atom stereocenters. The van der Waals surface area contributed by atoms with Gasteiger partial charge in [0.2, 0.25) is 0 Å². The van der Waals surface area contributed by atoms with E-state index >= 15 is 0 Å². The molecule has 0 saturated carbocycles. The maximum absolute atomic E-state index is 12.5. The third kappa shape index (κ3) is 2.11. The SMILES string of the molecule is CC(CN1C(=O)c2ccccc2C1=O)N1C(=O)c2ccccc2C1=O. The number of nitrogens with zero attached hydrogens (tertiary/aromatic N) is 2. The molecule has 6 heteroatoms. The average molecular weight is 334 g/mol. The van der Waals surface area contributed by atoms with Crippen LogP contribution in [-0.4, -0.2) is 46.0 Å². The molecule has 0 spiro atoms. The maximum Gasteiger partial charge on any atom is 0.261 e. The summed E-state index contributed by atoms with van der Waals surface area (Å²) < 4.78 is 0. The highest BCUT2D eigenvalue weighted by Gasteiger charge is 2.42. The van der Waals surface area contributed by atoms with Crippen molar-refractivity contribution in [2.75, 3.05) is 6.54 Å². The number of rotatable bonds is 3.